The van der Waals surface area contributed by atoms with E-state index in [0.29, 0.717) is 12.8 Å². The van der Waals surface area contributed by atoms with E-state index in [9.17, 15) is 14.7 Å². The Kier molecular flexibility index (Phi) is 5.70. The predicted molar refractivity (Wildman–Crippen MR) is 73.8 cm³/mol. The number of aliphatic hydroxyl groups is 1. The second-order valence-electron chi connectivity index (χ2n) is 5.26. The van der Waals surface area contributed by atoms with E-state index in [1.54, 1.807) is 26.0 Å². The zero-order valence-corrected chi connectivity index (χ0v) is 11.8. The van der Waals surface area contributed by atoms with Gasteiger partial charge in [0, 0.05) is 0 Å². The lowest BCUT2D eigenvalue weighted by Gasteiger charge is -2.16. The SMILES string of the molecule is CC(C)(O)CCCCOC(=O)c1ccccc1C(=O)O. The molecule has 1 rings (SSSR count). The van der Waals surface area contributed by atoms with Gasteiger partial charge in [-0.25, -0.2) is 9.59 Å². The Morgan fingerprint density at radius 3 is 2.30 bits per heavy atom. The van der Waals surface area contributed by atoms with E-state index >= 15 is 0 Å². The van der Waals surface area contributed by atoms with E-state index in [4.69, 9.17) is 9.84 Å². The van der Waals surface area contributed by atoms with Gasteiger partial charge in [0.2, 0.25) is 0 Å². The van der Waals surface area contributed by atoms with Gasteiger partial charge in [-0.1, -0.05) is 12.1 Å². The van der Waals surface area contributed by atoms with Crippen LogP contribution >= 0.6 is 0 Å². The second kappa shape index (κ2) is 7.05. The molecule has 5 nitrogen and oxygen atoms in total. The minimum Gasteiger partial charge on any atom is -0.478 e. The number of carboxylic acids is 1. The van der Waals surface area contributed by atoms with Crippen molar-refractivity contribution in [2.75, 3.05) is 6.61 Å². The van der Waals surface area contributed by atoms with E-state index in [0.717, 1.165) is 6.42 Å². The average Bonchev–Trinajstić information content (AvgIpc) is 2.36. The molecule has 0 saturated carbocycles. The summed E-state index contributed by atoms with van der Waals surface area (Å²) in [5, 5.41) is 18.5. The number of benzene rings is 1. The molecule has 2 N–H and O–H groups in total. The summed E-state index contributed by atoms with van der Waals surface area (Å²) in [6.45, 7) is 3.66. The number of esters is 1. The summed E-state index contributed by atoms with van der Waals surface area (Å²) in [5.74, 6) is -1.79. The first-order valence-corrected chi connectivity index (χ1v) is 6.53. The number of rotatable bonds is 7. The monoisotopic (exact) mass is 280 g/mol. The molecule has 0 unspecified atom stereocenters. The van der Waals surface area contributed by atoms with Crippen LogP contribution in [-0.2, 0) is 4.74 Å². The molecule has 0 heterocycles. The topological polar surface area (TPSA) is 83.8 Å². The summed E-state index contributed by atoms with van der Waals surface area (Å²) in [6, 6.07) is 5.96. The van der Waals surface area contributed by atoms with Gasteiger partial charge >= 0.3 is 11.9 Å². The molecule has 0 saturated heterocycles. The molecule has 20 heavy (non-hydrogen) atoms. The normalized spacial score (nSPS) is 11.2. The zero-order valence-electron chi connectivity index (χ0n) is 11.8. The molecule has 5 heteroatoms. The Bertz CT molecular complexity index is 473. The lowest BCUT2D eigenvalue weighted by atomic mass is 10.0. The Balaban J connectivity index is 2.46. The Morgan fingerprint density at radius 1 is 1.15 bits per heavy atom. The first kappa shape index (κ1) is 16.2. The highest BCUT2D eigenvalue weighted by Gasteiger charge is 2.17. The maximum Gasteiger partial charge on any atom is 0.339 e. The van der Waals surface area contributed by atoms with Gasteiger partial charge in [0.25, 0.3) is 0 Å². The first-order chi connectivity index (χ1) is 9.31. The molecule has 0 aliphatic rings. The van der Waals surface area contributed by atoms with Crippen molar-refractivity contribution in [3.8, 4) is 0 Å². The molecule has 0 aliphatic heterocycles. The molecular weight excluding hydrogens is 260 g/mol. The molecule has 1 aromatic rings. The molecule has 110 valence electrons. The molecular formula is C15H20O5. The van der Waals surface area contributed by atoms with Gasteiger partial charge in [0.05, 0.1) is 23.3 Å². The highest BCUT2D eigenvalue weighted by molar-refractivity contribution is 6.02. The molecule has 1 aromatic carbocycles. The second-order valence-corrected chi connectivity index (χ2v) is 5.26. The molecule has 0 atom stereocenters. The van der Waals surface area contributed by atoms with Crippen molar-refractivity contribution in [3.63, 3.8) is 0 Å². The van der Waals surface area contributed by atoms with E-state index < -0.39 is 17.5 Å². The zero-order chi connectivity index (χ0) is 15.2. The van der Waals surface area contributed by atoms with E-state index in [2.05, 4.69) is 0 Å². The van der Waals surface area contributed by atoms with Crippen molar-refractivity contribution < 1.29 is 24.5 Å². The van der Waals surface area contributed by atoms with Crippen LogP contribution in [0.15, 0.2) is 24.3 Å². The lowest BCUT2D eigenvalue weighted by molar-refractivity contribution is 0.0457. The van der Waals surface area contributed by atoms with Crippen LogP contribution in [0.3, 0.4) is 0 Å². The van der Waals surface area contributed by atoms with Gasteiger partial charge in [-0.05, 0) is 45.2 Å². The standard InChI is InChI=1S/C15H20O5/c1-15(2,19)9-5-6-10-20-14(18)12-8-4-3-7-11(12)13(16)17/h3-4,7-8,19H,5-6,9-10H2,1-2H3,(H,16,17). The lowest BCUT2D eigenvalue weighted by Crippen LogP contribution is -2.18. The Morgan fingerprint density at radius 2 is 1.75 bits per heavy atom. The molecule has 0 radical (unpaired) electrons. The molecule has 0 bridgehead atoms. The Hall–Kier alpha value is -1.88. The van der Waals surface area contributed by atoms with Crippen molar-refractivity contribution in [1.29, 1.82) is 0 Å². The fourth-order valence-corrected chi connectivity index (χ4v) is 1.75. The average molecular weight is 280 g/mol. The van der Waals surface area contributed by atoms with Gasteiger partial charge < -0.3 is 14.9 Å². The third kappa shape index (κ3) is 5.40. The number of carbonyl (C=O) groups is 2. The van der Waals surface area contributed by atoms with Crippen LogP contribution in [0, 0.1) is 0 Å². The quantitative estimate of drug-likeness (QED) is 0.592. The van der Waals surface area contributed by atoms with Crippen molar-refractivity contribution in [2.45, 2.75) is 38.7 Å². The number of hydrogen-bond donors (Lipinski definition) is 2. The summed E-state index contributed by atoms with van der Waals surface area (Å²) >= 11 is 0. The predicted octanol–water partition coefficient (Wildman–Crippen LogP) is 2.48. The highest BCUT2D eigenvalue weighted by atomic mass is 16.5. The van der Waals surface area contributed by atoms with Crippen LogP contribution in [0.1, 0.15) is 53.8 Å². The number of carboxylic acid groups (broad SMARTS) is 1. The number of hydrogen-bond acceptors (Lipinski definition) is 4. The maximum atomic E-state index is 11.8. The van der Waals surface area contributed by atoms with E-state index in [-0.39, 0.29) is 17.7 Å². The third-order valence-electron chi connectivity index (χ3n) is 2.79. The van der Waals surface area contributed by atoms with Crippen molar-refractivity contribution in [3.05, 3.63) is 35.4 Å². The number of ether oxygens (including phenoxy) is 1. The summed E-state index contributed by atoms with van der Waals surface area (Å²) in [5.41, 5.74) is -0.726. The number of unbranched alkanes of at least 4 members (excludes halogenated alkanes) is 1. The van der Waals surface area contributed by atoms with E-state index in [1.807, 2.05) is 0 Å². The van der Waals surface area contributed by atoms with Crippen molar-refractivity contribution in [2.24, 2.45) is 0 Å². The van der Waals surface area contributed by atoms with Crippen LogP contribution in [0.2, 0.25) is 0 Å². The van der Waals surface area contributed by atoms with Crippen LogP contribution < -0.4 is 0 Å². The summed E-state index contributed by atoms with van der Waals surface area (Å²) in [6.07, 6.45) is 1.98. The molecule has 0 amide bonds. The summed E-state index contributed by atoms with van der Waals surface area (Å²) < 4.78 is 5.05. The van der Waals surface area contributed by atoms with Crippen LogP contribution in [0.5, 0.6) is 0 Å². The van der Waals surface area contributed by atoms with Gasteiger partial charge in [0.15, 0.2) is 0 Å². The third-order valence-corrected chi connectivity index (χ3v) is 2.79. The molecule has 0 spiro atoms. The summed E-state index contributed by atoms with van der Waals surface area (Å²) in [4.78, 5) is 22.8. The van der Waals surface area contributed by atoms with Crippen molar-refractivity contribution >= 4 is 11.9 Å². The van der Waals surface area contributed by atoms with Crippen molar-refractivity contribution in [1.82, 2.24) is 0 Å². The largest absolute Gasteiger partial charge is 0.478 e. The van der Waals surface area contributed by atoms with Crippen LogP contribution in [0.4, 0.5) is 0 Å². The van der Waals surface area contributed by atoms with Crippen LogP contribution in [0.25, 0.3) is 0 Å². The minimum absolute atomic E-state index is 0.0579. The van der Waals surface area contributed by atoms with E-state index in [1.165, 1.54) is 12.1 Å². The van der Waals surface area contributed by atoms with Gasteiger partial charge in [-0.15, -0.1) is 0 Å². The first-order valence-electron chi connectivity index (χ1n) is 6.53. The minimum atomic E-state index is -1.15. The molecule has 0 aliphatic carbocycles. The fraction of sp³-hybridized carbons (Fsp3) is 0.467. The van der Waals surface area contributed by atoms with Gasteiger partial charge in [-0.2, -0.15) is 0 Å². The number of aromatic carboxylic acids is 1. The maximum absolute atomic E-state index is 11.8. The molecule has 0 fully saturated rings. The number of carbonyl (C=O) groups excluding carboxylic acids is 1. The fourth-order valence-electron chi connectivity index (χ4n) is 1.75. The smallest absolute Gasteiger partial charge is 0.339 e. The highest BCUT2D eigenvalue weighted by Crippen LogP contribution is 2.13. The van der Waals surface area contributed by atoms with Gasteiger partial charge in [-0.3, -0.25) is 0 Å². The molecule has 0 aromatic heterocycles. The Labute approximate surface area is 118 Å². The van der Waals surface area contributed by atoms with Crippen LogP contribution in [-0.4, -0.2) is 34.4 Å². The summed E-state index contributed by atoms with van der Waals surface area (Å²) in [7, 11) is 0. The van der Waals surface area contributed by atoms with Gasteiger partial charge in [0.1, 0.15) is 0 Å².